The Morgan fingerprint density at radius 3 is 2.67 bits per heavy atom. The molecule has 1 aliphatic rings. The van der Waals surface area contributed by atoms with Gasteiger partial charge in [-0.3, -0.25) is 15.0 Å². The molecule has 2 aromatic carbocycles. The lowest BCUT2D eigenvalue weighted by Crippen LogP contribution is -2.53. The number of carbonyl (C=O) groups excluding carboxylic acids is 2. The lowest BCUT2D eigenvalue weighted by molar-refractivity contribution is 0.101. The number of urea groups is 1. The van der Waals surface area contributed by atoms with Crippen LogP contribution in [-0.2, 0) is 6.42 Å². The van der Waals surface area contributed by atoms with Crippen LogP contribution in [0.5, 0.6) is 0 Å². The summed E-state index contributed by atoms with van der Waals surface area (Å²) in [5.41, 5.74) is 2.65. The van der Waals surface area contributed by atoms with E-state index in [4.69, 9.17) is 0 Å². The monoisotopic (exact) mass is 365 g/mol. The van der Waals surface area contributed by atoms with Gasteiger partial charge in [-0.25, -0.2) is 4.79 Å². The van der Waals surface area contributed by atoms with Gasteiger partial charge in [0.2, 0.25) is 0 Å². The average molecular weight is 365 g/mol. The van der Waals surface area contributed by atoms with E-state index < -0.39 is 0 Å². The van der Waals surface area contributed by atoms with E-state index in [1.165, 1.54) is 12.5 Å². The average Bonchev–Trinajstić information content (AvgIpc) is 2.68. The summed E-state index contributed by atoms with van der Waals surface area (Å²) in [6.07, 6.45) is 3.00. The minimum Gasteiger partial charge on any atom is -0.322 e. The third kappa shape index (κ3) is 5.17. The first-order chi connectivity index (χ1) is 13.0. The van der Waals surface area contributed by atoms with Crippen molar-refractivity contribution in [2.45, 2.75) is 32.4 Å². The smallest absolute Gasteiger partial charge is 0.322 e. The first kappa shape index (κ1) is 19.1. The Morgan fingerprint density at radius 2 is 1.93 bits per heavy atom. The van der Waals surface area contributed by atoms with Gasteiger partial charge in [0, 0.05) is 18.3 Å². The number of amides is 2. The van der Waals surface area contributed by atoms with Gasteiger partial charge in [0.15, 0.2) is 5.78 Å². The molecule has 2 atom stereocenters. The molecule has 2 aromatic rings. The van der Waals surface area contributed by atoms with Crippen LogP contribution in [0.1, 0.15) is 35.7 Å². The quantitative estimate of drug-likeness (QED) is 0.796. The molecule has 5 nitrogen and oxygen atoms in total. The maximum atomic E-state index is 12.6. The number of benzene rings is 2. The third-order valence-corrected chi connectivity index (χ3v) is 5.12. The molecule has 27 heavy (non-hydrogen) atoms. The van der Waals surface area contributed by atoms with Crippen molar-refractivity contribution in [2.75, 3.05) is 18.5 Å². The molecule has 0 spiro atoms. The van der Waals surface area contributed by atoms with Crippen LogP contribution in [0.25, 0.3) is 0 Å². The molecule has 0 radical (unpaired) electrons. The molecule has 142 valence electrons. The Morgan fingerprint density at radius 1 is 1.15 bits per heavy atom. The molecule has 2 N–H and O–H groups in total. The van der Waals surface area contributed by atoms with Crippen molar-refractivity contribution >= 4 is 17.5 Å². The van der Waals surface area contributed by atoms with Crippen LogP contribution in [0.4, 0.5) is 10.5 Å². The molecule has 0 saturated carbocycles. The molecule has 0 aliphatic carbocycles. The molecule has 3 rings (SSSR count). The largest absolute Gasteiger partial charge is 0.322 e. The van der Waals surface area contributed by atoms with E-state index in [9.17, 15) is 9.59 Å². The van der Waals surface area contributed by atoms with Crippen LogP contribution in [0.2, 0.25) is 0 Å². The molecular formula is C22H27N3O2. The molecule has 1 heterocycles. The third-order valence-electron chi connectivity index (χ3n) is 5.12. The van der Waals surface area contributed by atoms with Crippen LogP contribution in [-0.4, -0.2) is 31.6 Å². The first-order valence-electron chi connectivity index (χ1n) is 9.45. The summed E-state index contributed by atoms with van der Waals surface area (Å²) in [6.45, 7) is 2.42. The molecule has 0 aromatic heterocycles. The number of nitrogens with one attached hydrogen (secondary N) is 2. The summed E-state index contributed by atoms with van der Waals surface area (Å²) in [5, 5.41) is 6.46. The molecule has 1 saturated heterocycles. The number of anilines is 1. The van der Waals surface area contributed by atoms with Crippen molar-refractivity contribution in [1.82, 2.24) is 10.6 Å². The number of carbonyl (C=O) groups is 2. The lowest BCUT2D eigenvalue weighted by atomic mass is 9.89. The molecule has 0 bridgehead atoms. The Kier molecular flexibility index (Phi) is 6.24. The van der Waals surface area contributed by atoms with Crippen molar-refractivity contribution < 1.29 is 9.59 Å². The zero-order valence-corrected chi connectivity index (χ0v) is 15.9. The van der Waals surface area contributed by atoms with Gasteiger partial charge >= 0.3 is 6.03 Å². The summed E-state index contributed by atoms with van der Waals surface area (Å²) < 4.78 is 0. The van der Waals surface area contributed by atoms with E-state index in [-0.39, 0.29) is 18.0 Å². The minimum atomic E-state index is -0.173. The number of hydrogen-bond donors (Lipinski definition) is 2. The molecule has 5 heteroatoms. The lowest BCUT2D eigenvalue weighted by Gasteiger charge is -2.32. The van der Waals surface area contributed by atoms with E-state index >= 15 is 0 Å². The number of Topliss-reactive ketones (excluding diaryl/α,β-unsaturated/α-hetero) is 1. The summed E-state index contributed by atoms with van der Waals surface area (Å²) in [5.74, 6) is 0.536. The molecule has 2 amide bonds. The second-order valence-electron chi connectivity index (χ2n) is 7.20. The first-order valence-corrected chi connectivity index (χ1v) is 9.45. The number of ketones is 1. The van der Waals surface area contributed by atoms with Gasteiger partial charge in [0.25, 0.3) is 0 Å². The normalized spacial score (nSPS) is 19.3. The van der Waals surface area contributed by atoms with Crippen molar-refractivity contribution in [3.8, 4) is 0 Å². The van der Waals surface area contributed by atoms with Crippen LogP contribution in [0.3, 0.4) is 0 Å². The molecule has 1 fully saturated rings. The Hall–Kier alpha value is -2.66. The standard InChI is InChI=1S/C22H27N3O2/c1-16(26)19-9-6-10-20(15-19)25(2)22(27)24-21-14-18(11-12-23-21)13-17-7-4-3-5-8-17/h3-10,15,18,21,23H,11-14H2,1-2H3,(H,24,27)/t18-,21-/m0/s1. The maximum Gasteiger partial charge on any atom is 0.322 e. The highest BCUT2D eigenvalue weighted by atomic mass is 16.2. The summed E-state index contributed by atoms with van der Waals surface area (Å²) in [6, 6.07) is 17.4. The summed E-state index contributed by atoms with van der Waals surface area (Å²) in [7, 11) is 1.72. The van der Waals surface area contributed by atoms with Gasteiger partial charge in [0.1, 0.15) is 0 Å². The number of rotatable bonds is 5. The summed E-state index contributed by atoms with van der Waals surface area (Å²) >= 11 is 0. The van der Waals surface area contributed by atoms with E-state index in [1.54, 1.807) is 30.1 Å². The van der Waals surface area contributed by atoms with Gasteiger partial charge in [-0.2, -0.15) is 0 Å². The van der Waals surface area contributed by atoms with Gasteiger partial charge < -0.3 is 5.32 Å². The van der Waals surface area contributed by atoms with E-state index in [0.717, 1.165) is 25.8 Å². The van der Waals surface area contributed by atoms with Gasteiger partial charge in [-0.05, 0) is 56.3 Å². The Labute approximate surface area is 160 Å². The number of piperidine rings is 1. The molecule has 1 aliphatic heterocycles. The fourth-order valence-corrected chi connectivity index (χ4v) is 3.54. The SMILES string of the molecule is CC(=O)c1cccc(N(C)C(=O)N[C@H]2C[C@H](Cc3ccccc3)CCN2)c1. The number of nitrogens with zero attached hydrogens (tertiary/aromatic N) is 1. The minimum absolute atomic E-state index is 0.0108. The van der Waals surface area contributed by atoms with Gasteiger partial charge in [-0.15, -0.1) is 0 Å². The maximum absolute atomic E-state index is 12.6. The Bertz CT molecular complexity index is 791. The summed E-state index contributed by atoms with van der Waals surface area (Å²) in [4.78, 5) is 25.8. The second kappa shape index (κ2) is 8.82. The zero-order valence-electron chi connectivity index (χ0n) is 15.9. The fraction of sp³-hybridized carbons (Fsp3) is 0.364. The van der Waals surface area contributed by atoms with Crippen LogP contribution in [0.15, 0.2) is 54.6 Å². The Balaban J connectivity index is 1.58. The zero-order chi connectivity index (χ0) is 19.2. The number of hydrogen-bond acceptors (Lipinski definition) is 3. The van der Waals surface area contributed by atoms with Crippen molar-refractivity contribution in [3.63, 3.8) is 0 Å². The predicted molar refractivity (Wildman–Crippen MR) is 108 cm³/mol. The van der Waals surface area contributed by atoms with Crippen LogP contribution in [0, 0.1) is 5.92 Å². The van der Waals surface area contributed by atoms with Crippen LogP contribution >= 0.6 is 0 Å². The van der Waals surface area contributed by atoms with Crippen LogP contribution < -0.4 is 15.5 Å². The fourth-order valence-electron chi connectivity index (χ4n) is 3.54. The van der Waals surface area contributed by atoms with Gasteiger partial charge in [-0.1, -0.05) is 42.5 Å². The highest BCUT2D eigenvalue weighted by molar-refractivity contribution is 5.97. The van der Waals surface area contributed by atoms with Crippen molar-refractivity contribution in [2.24, 2.45) is 5.92 Å². The highest BCUT2D eigenvalue weighted by Crippen LogP contribution is 2.21. The highest BCUT2D eigenvalue weighted by Gasteiger charge is 2.24. The topological polar surface area (TPSA) is 61.4 Å². The van der Waals surface area contributed by atoms with Crippen molar-refractivity contribution in [1.29, 1.82) is 0 Å². The second-order valence-corrected chi connectivity index (χ2v) is 7.20. The van der Waals surface area contributed by atoms with Crippen molar-refractivity contribution in [3.05, 3.63) is 65.7 Å². The van der Waals surface area contributed by atoms with Gasteiger partial charge in [0.05, 0.1) is 6.17 Å². The molecule has 0 unspecified atom stereocenters. The van der Waals surface area contributed by atoms with E-state index in [0.29, 0.717) is 17.2 Å². The predicted octanol–water partition coefficient (Wildman–Crippen LogP) is 3.60. The molecular weight excluding hydrogens is 338 g/mol. The van der Waals surface area contributed by atoms with E-state index in [1.807, 2.05) is 12.1 Å². The van der Waals surface area contributed by atoms with E-state index in [2.05, 4.69) is 34.9 Å².